The first kappa shape index (κ1) is 16.8. The van der Waals surface area contributed by atoms with Gasteiger partial charge in [-0.25, -0.2) is 0 Å². The molecular weight excluding hydrogens is 366 g/mol. The molecule has 0 saturated heterocycles. The number of fused-ring (bicyclic) bond motifs is 1. The van der Waals surface area contributed by atoms with Crippen LogP contribution in [0.5, 0.6) is 5.75 Å². The standard InChI is InChI=1S/C20H20BrNO2/c1-14(7-8-15-5-3-2-4-6-15)22-20(23)17-11-16-12-18(21)9-10-19(16)24-13-17/h2-6,9-12,14H,7-8,13H2,1H3,(H,22,23). The first-order chi connectivity index (χ1) is 11.6. The molecule has 0 bridgehead atoms. The third-order valence-corrected chi connectivity index (χ3v) is 4.56. The monoisotopic (exact) mass is 385 g/mol. The molecule has 1 aliphatic heterocycles. The van der Waals surface area contributed by atoms with E-state index in [1.165, 1.54) is 5.56 Å². The summed E-state index contributed by atoms with van der Waals surface area (Å²) in [5.41, 5.74) is 2.88. The van der Waals surface area contributed by atoms with Crippen molar-refractivity contribution >= 4 is 27.9 Å². The summed E-state index contributed by atoms with van der Waals surface area (Å²) in [6, 6.07) is 16.2. The number of nitrogens with one attached hydrogen (secondary N) is 1. The highest BCUT2D eigenvalue weighted by molar-refractivity contribution is 9.10. The first-order valence-corrected chi connectivity index (χ1v) is 8.89. The van der Waals surface area contributed by atoms with Crippen LogP contribution in [0.3, 0.4) is 0 Å². The Morgan fingerprint density at radius 2 is 2.04 bits per heavy atom. The van der Waals surface area contributed by atoms with Crippen molar-refractivity contribution in [2.45, 2.75) is 25.8 Å². The Kier molecular flexibility index (Phi) is 5.36. The molecule has 0 spiro atoms. The lowest BCUT2D eigenvalue weighted by Gasteiger charge is -2.20. The molecule has 1 N–H and O–H groups in total. The van der Waals surface area contributed by atoms with E-state index >= 15 is 0 Å². The zero-order valence-electron chi connectivity index (χ0n) is 13.6. The molecule has 0 fully saturated rings. The molecular formula is C20H20BrNO2. The molecule has 3 rings (SSSR count). The maximum absolute atomic E-state index is 12.4. The van der Waals surface area contributed by atoms with E-state index in [9.17, 15) is 4.79 Å². The van der Waals surface area contributed by atoms with Gasteiger partial charge in [-0.1, -0.05) is 46.3 Å². The van der Waals surface area contributed by atoms with Gasteiger partial charge in [-0.15, -0.1) is 0 Å². The SMILES string of the molecule is CC(CCc1ccccc1)NC(=O)C1=Cc2cc(Br)ccc2OC1. The molecule has 1 heterocycles. The average Bonchev–Trinajstić information content (AvgIpc) is 2.60. The lowest BCUT2D eigenvalue weighted by atomic mass is 10.0. The summed E-state index contributed by atoms with van der Waals surface area (Å²) >= 11 is 3.45. The van der Waals surface area contributed by atoms with Crippen LogP contribution in [0.15, 0.2) is 58.6 Å². The van der Waals surface area contributed by atoms with Crippen LogP contribution < -0.4 is 10.1 Å². The fraction of sp³-hybridized carbons (Fsp3) is 0.250. The van der Waals surface area contributed by atoms with Crippen LogP contribution in [-0.2, 0) is 11.2 Å². The van der Waals surface area contributed by atoms with Gasteiger partial charge < -0.3 is 10.1 Å². The maximum atomic E-state index is 12.4. The Hall–Kier alpha value is -2.07. The minimum Gasteiger partial charge on any atom is -0.488 e. The third-order valence-electron chi connectivity index (χ3n) is 4.06. The fourth-order valence-electron chi connectivity index (χ4n) is 2.70. The van der Waals surface area contributed by atoms with Gasteiger partial charge in [0, 0.05) is 16.1 Å². The van der Waals surface area contributed by atoms with E-state index in [0.717, 1.165) is 28.6 Å². The molecule has 1 unspecified atom stereocenters. The number of carbonyl (C=O) groups excluding carboxylic acids is 1. The van der Waals surface area contributed by atoms with Gasteiger partial charge >= 0.3 is 0 Å². The largest absolute Gasteiger partial charge is 0.488 e. The number of amides is 1. The Bertz CT molecular complexity index is 755. The minimum atomic E-state index is -0.0545. The van der Waals surface area contributed by atoms with Gasteiger partial charge in [0.15, 0.2) is 0 Å². The van der Waals surface area contributed by atoms with Crippen LogP contribution >= 0.6 is 15.9 Å². The molecule has 0 aromatic heterocycles. The fourth-order valence-corrected chi connectivity index (χ4v) is 3.07. The molecule has 2 aromatic rings. The number of hydrogen-bond donors (Lipinski definition) is 1. The second-order valence-electron chi connectivity index (χ2n) is 6.04. The Labute approximate surface area is 150 Å². The zero-order chi connectivity index (χ0) is 16.9. The van der Waals surface area contributed by atoms with Crippen molar-refractivity contribution < 1.29 is 9.53 Å². The summed E-state index contributed by atoms with van der Waals surface area (Å²) in [5.74, 6) is 0.757. The van der Waals surface area contributed by atoms with Crippen molar-refractivity contribution in [3.63, 3.8) is 0 Å². The zero-order valence-corrected chi connectivity index (χ0v) is 15.2. The lowest BCUT2D eigenvalue weighted by molar-refractivity contribution is -0.118. The van der Waals surface area contributed by atoms with Crippen LogP contribution in [0.1, 0.15) is 24.5 Å². The van der Waals surface area contributed by atoms with Gasteiger partial charge in [0.2, 0.25) is 0 Å². The third kappa shape index (κ3) is 4.26. The van der Waals surface area contributed by atoms with E-state index in [1.807, 2.05) is 49.4 Å². The van der Waals surface area contributed by atoms with Gasteiger partial charge in [0.1, 0.15) is 12.4 Å². The lowest BCUT2D eigenvalue weighted by Crippen LogP contribution is -2.35. The number of benzene rings is 2. The Morgan fingerprint density at radius 3 is 2.83 bits per heavy atom. The van der Waals surface area contributed by atoms with Gasteiger partial charge in [-0.2, -0.15) is 0 Å². The summed E-state index contributed by atoms with van der Waals surface area (Å²) in [4.78, 5) is 12.4. The summed E-state index contributed by atoms with van der Waals surface area (Å²) in [5, 5.41) is 3.07. The van der Waals surface area contributed by atoms with E-state index in [-0.39, 0.29) is 11.9 Å². The van der Waals surface area contributed by atoms with Gasteiger partial charge in [0.25, 0.3) is 5.91 Å². The maximum Gasteiger partial charge on any atom is 0.250 e. The topological polar surface area (TPSA) is 38.3 Å². The van der Waals surface area contributed by atoms with Crippen molar-refractivity contribution in [3.05, 3.63) is 69.7 Å². The molecule has 1 amide bonds. The number of hydrogen-bond acceptors (Lipinski definition) is 2. The Morgan fingerprint density at radius 1 is 1.25 bits per heavy atom. The average molecular weight is 386 g/mol. The van der Waals surface area contributed by atoms with E-state index < -0.39 is 0 Å². The van der Waals surface area contributed by atoms with Crippen LogP contribution in [0, 0.1) is 0 Å². The van der Waals surface area contributed by atoms with Crippen molar-refractivity contribution in [3.8, 4) is 5.75 Å². The molecule has 2 aromatic carbocycles. The van der Waals surface area contributed by atoms with E-state index in [2.05, 4.69) is 33.4 Å². The second kappa shape index (κ2) is 7.67. The molecule has 124 valence electrons. The number of halogens is 1. The second-order valence-corrected chi connectivity index (χ2v) is 6.95. The minimum absolute atomic E-state index is 0.0545. The quantitative estimate of drug-likeness (QED) is 0.829. The summed E-state index contributed by atoms with van der Waals surface area (Å²) in [6.07, 6.45) is 3.77. The molecule has 0 saturated carbocycles. The highest BCUT2D eigenvalue weighted by atomic mass is 79.9. The molecule has 1 aliphatic rings. The van der Waals surface area contributed by atoms with E-state index in [1.54, 1.807) is 0 Å². The number of carbonyl (C=O) groups is 1. The molecule has 0 radical (unpaired) electrons. The Balaban J connectivity index is 1.58. The molecule has 0 aliphatic carbocycles. The van der Waals surface area contributed by atoms with Crippen molar-refractivity contribution in [1.82, 2.24) is 5.32 Å². The molecule has 24 heavy (non-hydrogen) atoms. The normalized spacial score (nSPS) is 14.2. The molecule has 1 atom stereocenters. The van der Waals surface area contributed by atoms with E-state index in [0.29, 0.717) is 12.2 Å². The van der Waals surface area contributed by atoms with Crippen LogP contribution in [0.25, 0.3) is 6.08 Å². The van der Waals surface area contributed by atoms with Crippen molar-refractivity contribution in [2.24, 2.45) is 0 Å². The number of rotatable bonds is 5. The first-order valence-electron chi connectivity index (χ1n) is 8.09. The summed E-state index contributed by atoms with van der Waals surface area (Å²) < 4.78 is 6.64. The number of aryl methyl sites for hydroxylation is 1. The summed E-state index contributed by atoms with van der Waals surface area (Å²) in [6.45, 7) is 2.35. The molecule has 3 nitrogen and oxygen atoms in total. The van der Waals surface area contributed by atoms with Crippen LogP contribution in [0.4, 0.5) is 0 Å². The van der Waals surface area contributed by atoms with Gasteiger partial charge in [-0.3, -0.25) is 4.79 Å². The van der Waals surface area contributed by atoms with Crippen LogP contribution in [-0.4, -0.2) is 18.6 Å². The smallest absolute Gasteiger partial charge is 0.250 e. The predicted octanol–water partition coefficient (Wildman–Crippen LogP) is 4.36. The van der Waals surface area contributed by atoms with Crippen molar-refractivity contribution in [2.75, 3.05) is 6.61 Å². The van der Waals surface area contributed by atoms with Crippen molar-refractivity contribution in [1.29, 1.82) is 0 Å². The van der Waals surface area contributed by atoms with Crippen LogP contribution in [0.2, 0.25) is 0 Å². The van der Waals surface area contributed by atoms with Gasteiger partial charge in [-0.05, 0) is 49.6 Å². The predicted molar refractivity (Wildman–Crippen MR) is 100.0 cm³/mol. The summed E-state index contributed by atoms with van der Waals surface area (Å²) in [7, 11) is 0. The van der Waals surface area contributed by atoms with E-state index in [4.69, 9.17) is 4.74 Å². The van der Waals surface area contributed by atoms with Gasteiger partial charge in [0.05, 0.1) is 5.57 Å². The highest BCUT2D eigenvalue weighted by Crippen LogP contribution is 2.29. The number of ether oxygens (including phenoxy) is 1. The molecule has 4 heteroatoms. The highest BCUT2D eigenvalue weighted by Gasteiger charge is 2.18.